The summed E-state index contributed by atoms with van der Waals surface area (Å²) < 4.78 is 10.4. The maximum absolute atomic E-state index is 12.4. The molecule has 138 valence electrons. The minimum Gasteiger partial charge on any atom is -0.493 e. The van der Waals surface area contributed by atoms with Crippen LogP contribution in [-0.4, -0.2) is 30.1 Å². The zero-order chi connectivity index (χ0) is 19.2. The highest BCUT2D eigenvalue weighted by atomic mass is 35.5. The molecule has 2 N–H and O–H groups in total. The van der Waals surface area contributed by atoms with Gasteiger partial charge in [-0.15, -0.1) is 0 Å². The molecule has 0 fully saturated rings. The standard InChI is InChI=1S/C19H17ClN4O3/c1-26-16-7-6-14(9-17(16)27-2)24-19(25)15-10-22-18(11-21-15)23-13-5-3-4-12(20)8-13/h3-11H,1-2H3,(H,22,23)(H,24,25). The van der Waals surface area contributed by atoms with E-state index in [0.717, 1.165) is 5.69 Å². The van der Waals surface area contributed by atoms with E-state index in [-0.39, 0.29) is 11.6 Å². The molecule has 1 heterocycles. The second-order valence-electron chi connectivity index (χ2n) is 5.45. The Hall–Kier alpha value is -3.32. The van der Waals surface area contributed by atoms with Gasteiger partial charge < -0.3 is 20.1 Å². The summed E-state index contributed by atoms with van der Waals surface area (Å²) in [7, 11) is 3.07. The summed E-state index contributed by atoms with van der Waals surface area (Å²) in [5.41, 5.74) is 1.52. The number of hydrogen-bond acceptors (Lipinski definition) is 6. The average Bonchev–Trinajstić information content (AvgIpc) is 2.68. The number of methoxy groups -OCH3 is 2. The zero-order valence-electron chi connectivity index (χ0n) is 14.7. The Morgan fingerprint density at radius 1 is 0.963 bits per heavy atom. The average molecular weight is 385 g/mol. The first-order chi connectivity index (χ1) is 13.1. The van der Waals surface area contributed by atoms with E-state index in [0.29, 0.717) is 28.0 Å². The second-order valence-corrected chi connectivity index (χ2v) is 5.88. The quantitative estimate of drug-likeness (QED) is 0.664. The van der Waals surface area contributed by atoms with Crippen molar-refractivity contribution in [3.05, 3.63) is 65.6 Å². The number of rotatable bonds is 6. The smallest absolute Gasteiger partial charge is 0.275 e. The van der Waals surface area contributed by atoms with Gasteiger partial charge in [-0.05, 0) is 30.3 Å². The predicted octanol–water partition coefficient (Wildman–Crippen LogP) is 4.14. The molecule has 3 aromatic rings. The first-order valence-corrected chi connectivity index (χ1v) is 8.35. The number of nitrogens with one attached hydrogen (secondary N) is 2. The number of hydrogen-bond donors (Lipinski definition) is 2. The molecular weight excluding hydrogens is 368 g/mol. The lowest BCUT2D eigenvalue weighted by Gasteiger charge is -2.10. The second kappa shape index (κ2) is 8.37. The lowest BCUT2D eigenvalue weighted by molar-refractivity contribution is 0.102. The van der Waals surface area contributed by atoms with Gasteiger partial charge in [0.25, 0.3) is 5.91 Å². The van der Waals surface area contributed by atoms with Gasteiger partial charge in [0.15, 0.2) is 11.5 Å². The van der Waals surface area contributed by atoms with Crippen LogP contribution in [0.3, 0.4) is 0 Å². The number of carbonyl (C=O) groups excluding carboxylic acids is 1. The molecule has 0 unspecified atom stereocenters. The van der Waals surface area contributed by atoms with Crippen molar-refractivity contribution in [2.24, 2.45) is 0 Å². The van der Waals surface area contributed by atoms with Gasteiger partial charge in [-0.2, -0.15) is 0 Å². The summed E-state index contributed by atoms with van der Waals surface area (Å²) in [6, 6.07) is 12.3. The Balaban J connectivity index is 1.68. The van der Waals surface area contributed by atoms with Crippen molar-refractivity contribution in [1.82, 2.24) is 9.97 Å². The Morgan fingerprint density at radius 2 is 1.78 bits per heavy atom. The lowest BCUT2D eigenvalue weighted by atomic mass is 10.2. The van der Waals surface area contributed by atoms with E-state index in [2.05, 4.69) is 20.6 Å². The van der Waals surface area contributed by atoms with E-state index in [1.165, 1.54) is 19.5 Å². The minimum absolute atomic E-state index is 0.182. The van der Waals surface area contributed by atoms with Crippen LogP contribution in [0, 0.1) is 0 Å². The fraction of sp³-hybridized carbons (Fsp3) is 0.105. The van der Waals surface area contributed by atoms with E-state index < -0.39 is 0 Å². The molecule has 1 aromatic heterocycles. The fourth-order valence-corrected chi connectivity index (χ4v) is 2.52. The number of carbonyl (C=O) groups is 1. The van der Waals surface area contributed by atoms with Gasteiger partial charge in [-0.1, -0.05) is 17.7 Å². The molecule has 0 bridgehead atoms. The minimum atomic E-state index is -0.385. The molecule has 0 aliphatic heterocycles. The number of anilines is 3. The molecule has 0 aliphatic carbocycles. The Morgan fingerprint density at radius 3 is 2.44 bits per heavy atom. The van der Waals surface area contributed by atoms with Gasteiger partial charge in [0, 0.05) is 22.5 Å². The topological polar surface area (TPSA) is 85.4 Å². The van der Waals surface area contributed by atoms with Crippen molar-refractivity contribution in [3.63, 3.8) is 0 Å². The number of amides is 1. The number of benzene rings is 2. The summed E-state index contributed by atoms with van der Waals surface area (Å²) >= 11 is 5.95. The van der Waals surface area contributed by atoms with Crippen LogP contribution >= 0.6 is 11.6 Å². The summed E-state index contributed by atoms with van der Waals surface area (Å²) in [4.78, 5) is 20.7. The maximum atomic E-state index is 12.4. The van der Waals surface area contributed by atoms with E-state index in [1.807, 2.05) is 12.1 Å². The third-order valence-electron chi connectivity index (χ3n) is 3.62. The van der Waals surface area contributed by atoms with Gasteiger partial charge in [0.05, 0.1) is 26.6 Å². The molecule has 0 aliphatic rings. The monoisotopic (exact) mass is 384 g/mol. The number of aromatic nitrogens is 2. The lowest BCUT2D eigenvalue weighted by Crippen LogP contribution is -2.14. The molecule has 3 rings (SSSR count). The summed E-state index contributed by atoms with van der Waals surface area (Å²) in [6.45, 7) is 0. The number of ether oxygens (including phenoxy) is 2. The molecule has 0 spiro atoms. The van der Waals surface area contributed by atoms with Gasteiger partial charge >= 0.3 is 0 Å². The molecule has 0 saturated carbocycles. The van der Waals surface area contributed by atoms with E-state index >= 15 is 0 Å². The van der Waals surface area contributed by atoms with Gasteiger partial charge in [0.2, 0.25) is 0 Å². The highest BCUT2D eigenvalue weighted by Gasteiger charge is 2.11. The summed E-state index contributed by atoms with van der Waals surface area (Å²) in [5.74, 6) is 1.21. The van der Waals surface area contributed by atoms with Crippen LogP contribution in [0.1, 0.15) is 10.5 Å². The predicted molar refractivity (Wildman–Crippen MR) is 104 cm³/mol. The Labute approximate surface area is 161 Å². The first-order valence-electron chi connectivity index (χ1n) is 7.97. The Bertz CT molecular complexity index is 948. The van der Waals surface area contributed by atoms with Crippen molar-refractivity contribution in [2.45, 2.75) is 0 Å². The molecule has 0 atom stereocenters. The molecule has 7 nitrogen and oxygen atoms in total. The van der Waals surface area contributed by atoms with Crippen LogP contribution in [0.5, 0.6) is 11.5 Å². The molecule has 8 heteroatoms. The van der Waals surface area contributed by atoms with Crippen LogP contribution in [0.2, 0.25) is 5.02 Å². The van der Waals surface area contributed by atoms with Crippen molar-refractivity contribution >= 4 is 34.7 Å². The molecule has 1 amide bonds. The van der Waals surface area contributed by atoms with E-state index in [9.17, 15) is 4.79 Å². The summed E-state index contributed by atoms with van der Waals surface area (Å²) in [5, 5.41) is 6.42. The van der Waals surface area contributed by atoms with Gasteiger partial charge in [-0.25, -0.2) is 9.97 Å². The van der Waals surface area contributed by atoms with Crippen molar-refractivity contribution in [2.75, 3.05) is 24.9 Å². The third-order valence-corrected chi connectivity index (χ3v) is 3.86. The van der Waals surface area contributed by atoms with E-state index in [1.54, 1.807) is 37.4 Å². The van der Waals surface area contributed by atoms with Crippen LogP contribution in [0.25, 0.3) is 0 Å². The first kappa shape index (κ1) is 18.5. The largest absolute Gasteiger partial charge is 0.493 e. The molecule has 2 aromatic carbocycles. The van der Waals surface area contributed by atoms with Crippen LogP contribution < -0.4 is 20.1 Å². The highest BCUT2D eigenvalue weighted by molar-refractivity contribution is 6.30. The normalized spacial score (nSPS) is 10.2. The molecule has 0 saturated heterocycles. The maximum Gasteiger partial charge on any atom is 0.275 e. The van der Waals surface area contributed by atoms with Crippen LogP contribution in [0.15, 0.2) is 54.9 Å². The van der Waals surface area contributed by atoms with Crippen LogP contribution in [0.4, 0.5) is 17.2 Å². The number of halogens is 1. The SMILES string of the molecule is COc1ccc(NC(=O)c2cnc(Nc3cccc(Cl)c3)cn2)cc1OC. The van der Waals surface area contributed by atoms with Crippen molar-refractivity contribution in [3.8, 4) is 11.5 Å². The summed E-state index contributed by atoms with van der Waals surface area (Å²) in [6.07, 6.45) is 2.87. The number of nitrogens with zero attached hydrogens (tertiary/aromatic N) is 2. The fourth-order valence-electron chi connectivity index (χ4n) is 2.33. The molecular formula is C19H17ClN4O3. The molecule has 27 heavy (non-hydrogen) atoms. The van der Waals surface area contributed by atoms with Crippen molar-refractivity contribution in [1.29, 1.82) is 0 Å². The third kappa shape index (κ3) is 4.65. The zero-order valence-corrected chi connectivity index (χ0v) is 15.4. The van der Waals surface area contributed by atoms with E-state index in [4.69, 9.17) is 21.1 Å². The van der Waals surface area contributed by atoms with Gasteiger partial charge in [0.1, 0.15) is 11.5 Å². The van der Waals surface area contributed by atoms with Gasteiger partial charge in [-0.3, -0.25) is 4.79 Å². The van der Waals surface area contributed by atoms with Crippen LogP contribution in [-0.2, 0) is 0 Å². The Kier molecular flexibility index (Phi) is 5.73. The van der Waals surface area contributed by atoms with Crippen molar-refractivity contribution < 1.29 is 14.3 Å². The molecule has 0 radical (unpaired) electrons. The highest BCUT2D eigenvalue weighted by Crippen LogP contribution is 2.29.